The monoisotopic (exact) mass is 484 g/mol. The van der Waals surface area contributed by atoms with Gasteiger partial charge in [0.25, 0.3) is 0 Å². The number of sulfone groups is 1. The average Bonchev–Trinajstić information content (AvgIpc) is 3.20. The lowest BCUT2D eigenvalue weighted by Gasteiger charge is -2.23. The number of halogens is 2. The molecular weight excluding hydrogens is 463 g/mol. The molecule has 0 aliphatic rings. The van der Waals surface area contributed by atoms with E-state index in [1.165, 1.54) is 0 Å². The Labute approximate surface area is 190 Å². The minimum absolute atomic E-state index is 0.237. The molecule has 3 aromatic rings. The van der Waals surface area contributed by atoms with Gasteiger partial charge < -0.3 is 9.12 Å². The van der Waals surface area contributed by atoms with Crippen molar-refractivity contribution in [2.45, 2.75) is 47.1 Å². The first kappa shape index (κ1) is 23.2. The van der Waals surface area contributed by atoms with Crippen molar-refractivity contribution in [3.63, 3.8) is 0 Å². The first-order valence-corrected chi connectivity index (χ1v) is 12.6. The molecule has 30 heavy (non-hydrogen) atoms. The van der Waals surface area contributed by atoms with Crippen LogP contribution in [-0.4, -0.2) is 27.3 Å². The quantitative estimate of drug-likeness (QED) is 0.444. The van der Waals surface area contributed by atoms with Crippen LogP contribution in [-0.2, 0) is 27.6 Å². The molecule has 0 spiro atoms. The molecule has 2 atom stereocenters. The molecule has 0 saturated carbocycles. The Balaban J connectivity index is 1.99. The molecule has 0 radical (unpaired) electrons. The summed E-state index contributed by atoms with van der Waals surface area (Å²) >= 11 is 10.6. The van der Waals surface area contributed by atoms with Crippen LogP contribution in [0.5, 0.6) is 0 Å². The summed E-state index contributed by atoms with van der Waals surface area (Å²) in [7, 11) is -3.47. The van der Waals surface area contributed by atoms with E-state index in [0.717, 1.165) is 5.56 Å². The fourth-order valence-corrected chi connectivity index (χ4v) is 5.91. The summed E-state index contributed by atoms with van der Waals surface area (Å²) in [6.45, 7) is 5.39. The molecule has 0 saturated heterocycles. The number of aromatic nitrogens is 2. The average molecular weight is 485 g/mol. The van der Waals surface area contributed by atoms with Crippen LogP contribution in [0.25, 0.3) is 0 Å². The molecule has 1 aromatic heterocycles. The van der Waals surface area contributed by atoms with Crippen molar-refractivity contribution in [2.24, 2.45) is 0 Å². The second-order valence-electron chi connectivity index (χ2n) is 7.81. The molecule has 5 nitrogen and oxygen atoms in total. The van der Waals surface area contributed by atoms with Crippen molar-refractivity contribution < 1.29 is 13.0 Å². The van der Waals surface area contributed by atoms with Crippen LogP contribution in [0.1, 0.15) is 31.6 Å². The minimum atomic E-state index is -3.47. The van der Waals surface area contributed by atoms with Gasteiger partial charge in [0.2, 0.25) is 0 Å². The zero-order chi connectivity index (χ0) is 22.1. The normalized spacial score (nSPS) is 14.5. The van der Waals surface area contributed by atoms with E-state index in [0.29, 0.717) is 21.5 Å². The van der Waals surface area contributed by atoms with Gasteiger partial charge in [0, 0.05) is 24.0 Å². The maximum atomic E-state index is 13.4. The molecule has 0 aliphatic carbocycles. The molecule has 1 heterocycles. The number of nitrogens with zero attached hydrogens (tertiary/aromatic N) is 2. The highest BCUT2D eigenvalue weighted by atomic mass is 35.5. The van der Waals surface area contributed by atoms with Crippen molar-refractivity contribution in [3.8, 4) is 0 Å². The topological polar surface area (TPSA) is 75.0 Å². The third kappa shape index (κ3) is 4.86. The van der Waals surface area contributed by atoms with E-state index in [2.05, 4.69) is 4.98 Å². The van der Waals surface area contributed by atoms with Gasteiger partial charge in [-0.15, -0.1) is 0 Å². The molecule has 3 rings (SSSR count). The van der Waals surface area contributed by atoms with Crippen LogP contribution in [0.4, 0.5) is 0 Å². The van der Waals surface area contributed by atoms with Gasteiger partial charge in [-0.05, 0) is 56.2 Å². The van der Waals surface area contributed by atoms with Crippen molar-refractivity contribution in [1.82, 2.24) is 9.55 Å². The van der Waals surface area contributed by atoms with E-state index < -0.39 is 31.0 Å². The molecule has 0 N–H and O–H groups in total. The lowest BCUT2D eigenvalue weighted by atomic mass is 10.1. The smallest absolute Gasteiger partial charge is 0.183 e. The third-order valence-electron chi connectivity index (χ3n) is 4.69. The highest BCUT2D eigenvalue weighted by Gasteiger charge is 2.32. The molecule has 0 aliphatic heterocycles. The minimum Gasteiger partial charge on any atom is -0.611 e. The molecule has 160 valence electrons. The molecule has 0 amide bonds. The molecule has 9 heteroatoms. The SMILES string of the molecule is CC(C)(C)S(=O)(=O)c1ccc(C(Cn2ccnc2)[S+]([O-])c2ccc(Cl)c(Cl)c2)cc1. The fourth-order valence-electron chi connectivity index (χ4n) is 2.86. The van der Waals surface area contributed by atoms with Crippen LogP contribution in [0.3, 0.4) is 0 Å². The lowest BCUT2D eigenvalue weighted by Crippen LogP contribution is -2.28. The van der Waals surface area contributed by atoms with E-state index in [-0.39, 0.29) is 4.90 Å². The van der Waals surface area contributed by atoms with Gasteiger partial charge in [-0.2, -0.15) is 0 Å². The van der Waals surface area contributed by atoms with Crippen LogP contribution >= 0.6 is 23.2 Å². The maximum absolute atomic E-state index is 13.4. The second kappa shape index (κ2) is 8.93. The summed E-state index contributed by atoms with van der Waals surface area (Å²) in [6.07, 6.45) is 5.09. The van der Waals surface area contributed by atoms with Gasteiger partial charge in [-0.1, -0.05) is 35.3 Å². The Morgan fingerprint density at radius 1 is 1.10 bits per heavy atom. The summed E-state index contributed by atoms with van der Waals surface area (Å²) in [5.74, 6) is 0. The van der Waals surface area contributed by atoms with E-state index in [9.17, 15) is 13.0 Å². The Kier molecular flexibility index (Phi) is 6.89. The third-order valence-corrected chi connectivity index (χ3v) is 9.59. The second-order valence-corrected chi connectivity index (χ2v) is 13.0. The zero-order valence-electron chi connectivity index (χ0n) is 16.7. The number of hydrogen-bond donors (Lipinski definition) is 0. The summed E-state index contributed by atoms with van der Waals surface area (Å²) < 4.78 is 39.8. The van der Waals surface area contributed by atoms with Crippen LogP contribution in [0.2, 0.25) is 10.0 Å². The number of imidazole rings is 1. The molecule has 2 unspecified atom stereocenters. The highest BCUT2D eigenvalue weighted by Crippen LogP contribution is 2.35. The molecule has 0 fully saturated rings. The summed E-state index contributed by atoms with van der Waals surface area (Å²) in [4.78, 5) is 4.83. The van der Waals surface area contributed by atoms with Gasteiger partial charge in [0.15, 0.2) is 20.0 Å². The molecular formula is C21H22Cl2N2O3S2. The van der Waals surface area contributed by atoms with E-state index in [1.807, 2.05) is 4.57 Å². The Morgan fingerprint density at radius 3 is 2.30 bits per heavy atom. The summed E-state index contributed by atoms with van der Waals surface area (Å²) in [5.41, 5.74) is 0.751. The van der Waals surface area contributed by atoms with Crippen molar-refractivity contribution in [1.29, 1.82) is 0 Å². The van der Waals surface area contributed by atoms with Crippen LogP contribution in [0, 0.1) is 0 Å². The van der Waals surface area contributed by atoms with E-state index in [1.54, 1.807) is 82.0 Å². The van der Waals surface area contributed by atoms with Crippen molar-refractivity contribution >= 4 is 44.2 Å². The number of benzene rings is 2. The lowest BCUT2D eigenvalue weighted by molar-refractivity contribution is 0.559. The van der Waals surface area contributed by atoms with Gasteiger partial charge in [-0.3, -0.25) is 0 Å². The summed E-state index contributed by atoms with van der Waals surface area (Å²) in [5, 5.41) is 0.277. The Hall–Kier alpha value is -1.51. The number of hydrogen-bond acceptors (Lipinski definition) is 4. The van der Waals surface area contributed by atoms with E-state index in [4.69, 9.17) is 23.2 Å². The maximum Gasteiger partial charge on any atom is 0.183 e. The van der Waals surface area contributed by atoms with Gasteiger partial charge in [0.1, 0.15) is 0 Å². The Bertz CT molecular complexity index is 1110. The number of rotatable bonds is 6. The van der Waals surface area contributed by atoms with Crippen LogP contribution < -0.4 is 0 Å². The first-order valence-electron chi connectivity index (χ1n) is 9.16. The fraction of sp³-hybridized carbons (Fsp3) is 0.286. The first-order chi connectivity index (χ1) is 14.0. The molecule has 0 bridgehead atoms. The van der Waals surface area contributed by atoms with Crippen molar-refractivity contribution in [3.05, 3.63) is 76.8 Å². The van der Waals surface area contributed by atoms with Crippen LogP contribution in [0.15, 0.2) is 71.0 Å². The summed E-state index contributed by atoms with van der Waals surface area (Å²) in [6, 6.07) is 11.5. The molecule has 2 aromatic carbocycles. The standard InChI is InChI=1S/C21H22Cl2N2O3S2/c1-21(2,3)30(27,28)17-7-4-15(5-8-17)20(13-25-11-10-24-14-25)29(26)16-6-9-18(22)19(23)12-16/h4-12,14,20H,13H2,1-3H3. The van der Waals surface area contributed by atoms with E-state index >= 15 is 0 Å². The largest absolute Gasteiger partial charge is 0.611 e. The zero-order valence-corrected chi connectivity index (χ0v) is 19.9. The van der Waals surface area contributed by atoms with Gasteiger partial charge in [0.05, 0.1) is 32.6 Å². The predicted molar refractivity (Wildman–Crippen MR) is 121 cm³/mol. The Morgan fingerprint density at radius 2 is 1.77 bits per heavy atom. The highest BCUT2D eigenvalue weighted by molar-refractivity contribution is 7.92. The van der Waals surface area contributed by atoms with Gasteiger partial charge >= 0.3 is 0 Å². The van der Waals surface area contributed by atoms with Gasteiger partial charge in [-0.25, -0.2) is 13.4 Å². The predicted octanol–water partition coefficient (Wildman–Crippen LogP) is 5.31. The van der Waals surface area contributed by atoms with Crippen molar-refractivity contribution in [2.75, 3.05) is 0 Å².